The molecule has 1 aromatic carbocycles. The number of amides is 2. The molecule has 0 bridgehead atoms. The normalized spacial score (nSPS) is 31.0. The van der Waals surface area contributed by atoms with Crippen LogP contribution in [0.15, 0.2) is 48.1 Å². The summed E-state index contributed by atoms with van der Waals surface area (Å²) in [6.45, 7) is 0.365. The first-order chi connectivity index (χ1) is 14.1. The fourth-order valence-corrected chi connectivity index (χ4v) is 5.08. The molecule has 1 N–H and O–H groups in total. The Labute approximate surface area is 167 Å². The minimum Gasteiger partial charge on any atom is -0.356 e. The summed E-state index contributed by atoms with van der Waals surface area (Å²) in [6.07, 6.45) is 6.30. The second kappa shape index (κ2) is 6.05. The molecule has 2 saturated heterocycles. The van der Waals surface area contributed by atoms with Crippen molar-refractivity contribution in [2.75, 3.05) is 20.4 Å². The van der Waals surface area contributed by atoms with Gasteiger partial charge in [-0.05, 0) is 23.3 Å². The second-order valence-electron chi connectivity index (χ2n) is 8.09. The lowest BCUT2D eigenvalue weighted by Gasteiger charge is -2.47. The average Bonchev–Trinajstić information content (AvgIpc) is 3.34. The van der Waals surface area contributed by atoms with Crippen LogP contribution < -0.4 is 0 Å². The van der Waals surface area contributed by atoms with Crippen LogP contribution in [0.4, 0.5) is 0 Å². The number of aromatic nitrogens is 1. The molecule has 148 valence electrons. The van der Waals surface area contributed by atoms with E-state index in [-0.39, 0.29) is 43.4 Å². The molecule has 0 saturated carbocycles. The molecule has 2 aromatic rings. The zero-order valence-corrected chi connectivity index (χ0v) is 16.0. The Morgan fingerprint density at radius 3 is 2.86 bits per heavy atom. The summed E-state index contributed by atoms with van der Waals surface area (Å²) >= 11 is 0. The summed E-state index contributed by atoms with van der Waals surface area (Å²) in [5, 5.41) is 1.11. The number of carbonyl (C=O) groups is 2. The van der Waals surface area contributed by atoms with Gasteiger partial charge in [-0.3, -0.25) is 9.59 Å². The van der Waals surface area contributed by atoms with E-state index in [9.17, 15) is 9.59 Å². The van der Waals surface area contributed by atoms with Gasteiger partial charge in [0.25, 0.3) is 0 Å². The molecule has 29 heavy (non-hydrogen) atoms. The molecule has 2 amide bonds. The van der Waals surface area contributed by atoms with E-state index < -0.39 is 6.04 Å². The molecular formula is C22H21N3O4. The van der Waals surface area contributed by atoms with E-state index in [2.05, 4.69) is 11.1 Å². The minimum atomic E-state index is -0.495. The molecule has 7 nitrogen and oxygen atoms in total. The first-order valence-electron chi connectivity index (χ1n) is 9.90. The lowest BCUT2D eigenvalue weighted by atomic mass is 9.84. The van der Waals surface area contributed by atoms with Crippen molar-refractivity contribution in [1.82, 2.24) is 14.8 Å². The van der Waals surface area contributed by atoms with Crippen molar-refractivity contribution < 1.29 is 19.1 Å². The van der Waals surface area contributed by atoms with Gasteiger partial charge < -0.3 is 24.3 Å². The number of nitrogens with zero attached hydrogens (tertiary/aromatic N) is 2. The summed E-state index contributed by atoms with van der Waals surface area (Å²) in [5.41, 5.74) is 4.08. The van der Waals surface area contributed by atoms with Crippen LogP contribution in [0.2, 0.25) is 0 Å². The monoisotopic (exact) mass is 391 g/mol. The van der Waals surface area contributed by atoms with Gasteiger partial charge in [-0.25, -0.2) is 0 Å². The molecule has 4 aliphatic rings. The van der Waals surface area contributed by atoms with E-state index in [0.717, 1.165) is 27.7 Å². The number of nitrogens with one attached hydrogen (secondary N) is 1. The molecule has 7 heteroatoms. The fraction of sp³-hybridized carbons (Fsp3) is 0.364. The highest BCUT2D eigenvalue weighted by Gasteiger charge is 2.48. The number of fused-ring (bicyclic) bond motifs is 5. The Morgan fingerprint density at radius 1 is 1.14 bits per heavy atom. The number of rotatable bonds is 1. The standard InChI is InChI=1S/C22H21N3O4/c1-24-10-19(26)25-16(22(24)27)9-14-13-4-2-3-5-15(13)23-20(14)21(25)12-6-7-17-18(8-12)29-11-28-17/h2-8,16-18,21,23H,9-11H2,1H3. The van der Waals surface area contributed by atoms with Crippen molar-refractivity contribution in [3.8, 4) is 0 Å². The largest absolute Gasteiger partial charge is 0.356 e. The van der Waals surface area contributed by atoms with Crippen molar-refractivity contribution in [3.05, 3.63) is 59.3 Å². The van der Waals surface area contributed by atoms with Crippen LogP contribution in [-0.2, 0) is 25.5 Å². The molecule has 4 heterocycles. The van der Waals surface area contributed by atoms with Crippen LogP contribution >= 0.6 is 0 Å². The van der Waals surface area contributed by atoms with Crippen LogP contribution in [0.5, 0.6) is 0 Å². The van der Waals surface area contributed by atoms with Crippen LogP contribution in [-0.4, -0.2) is 65.2 Å². The number of H-pyrrole nitrogens is 1. The van der Waals surface area contributed by atoms with Crippen molar-refractivity contribution in [2.45, 2.75) is 30.7 Å². The summed E-state index contributed by atoms with van der Waals surface area (Å²) in [7, 11) is 1.70. The zero-order chi connectivity index (χ0) is 19.7. The number of likely N-dealkylation sites (N-methyl/N-ethyl adjacent to an activating group) is 1. The van der Waals surface area contributed by atoms with Crippen molar-refractivity contribution in [2.24, 2.45) is 0 Å². The number of hydrogen-bond donors (Lipinski definition) is 1. The molecule has 4 atom stereocenters. The molecule has 3 aliphatic heterocycles. The third-order valence-electron chi connectivity index (χ3n) is 6.45. The van der Waals surface area contributed by atoms with E-state index in [4.69, 9.17) is 9.47 Å². The minimum absolute atomic E-state index is 0.00996. The lowest BCUT2D eigenvalue weighted by molar-refractivity contribution is -0.157. The van der Waals surface area contributed by atoms with Gasteiger partial charge in [0.05, 0.1) is 12.6 Å². The summed E-state index contributed by atoms with van der Waals surface area (Å²) in [5.74, 6) is -0.0457. The van der Waals surface area contributed by atoms with Crippen molar-refractivity contribution in [3.63, 3.8) is 0 Å². The number of piperazine rings is 1. The molecule has 1 aromatic heterocycles. The van der Waals surface area contributed by atoms with E-state index in [1.165, 1.54) is 4.90 Å². The van der Waals surface area contributed by atoms with Crippen LogP contribution in [0.3, 0.4) is 0 Å². The molecular weight excluding hydrogens is 370 g/mol. The van der Waals surface area contributed by atoms with Crippen molar-refractivity contribution in [1.29, 1.82) is 0 Å². The highest BCUT2D eigenvalue weighted by Crippen LogP contribution is 2.44. The molecule has 0 radical (unpaired) electrons. The van der Waals surface area contributed by atoms with Gasteiger partial charge >= 0.3 is 0 Å². The number of hydrogen-bond acceptors (Lipinski definition) is 4. The SMILES string of the molecule is CN1CC(=O)N2C(Cc3c([nH]c4ccccc34)C2C2=CC3OCOC3C=C2)C1=O. The first-order valence-corrected chi connectivity index (χ1v) is 9.90. The van der Waals surface area contributed by atoms with Gasteiger partial charge in [-0.15, -0.1) is 0 Å². The third-order valence-corrected chi connectivity index (χ3v) is 6.45. The highest BCUT2D eigenvalue weighted by molar-refractivity contribution is 5.97. The number of ether oxygens (including phenoxy) is 2. The number of aromatic amines is 1. The molecule has 1 aliphatic carbocycles. The van der Waals surface area contributed by atoms with Gasteiger partial charge in [-0.1, -0.05) is 30.4 Å². The van der Waals surface area contributed by atoms with Gasteiger partial charge in [0.1, 0.15) is 25.0 Å². The molecule has 4 unspecified atom stereocenters. The maximum absolute atomic E-state index is 13.1. The Balaban J connectivity index is 1.55. The fourth-order valence-electron chi connectivity index (χ4n) is 5.08. The van der Waals surface area contributed by atoms with Crippen molar-refractivity contribution >= 4 is 22.7 Å². The Morgan fingerprint density at radius 2 is 1.97 bits per heavy atom. The summed E-state index contributed by atoms with van der Waals surface area (Å²) < 4.78 is 11.3. The lowest BCUT2D eigenvalue weighted by Crippen LogP contribution is -2.62. The Bertz CT molecular complexity index is 1100. The molecule has 0 spiro atoms. The highest BCUT2D eigenvalue weighted by atomic mass is 16.7. The number of carbonyl (C=O) groups excluding carboxylic acids is 2. The molecule has 6 rings (SSSR count). The smallest absolute Gasteiger partial charge is 0.245 e. The maximum Gasteiger partial charge on any atom is 0.245 e. The van der Waals surface area contributed by atoms with E-state index in [1.54, 1.807) is 11.9 Å². The quantitative estimate of drug-likeness (QED) is 0.803. The van der Waals surface area contributed by atoms with Gasteiger partial charge in [-0.2, -0.15) is 0 Å². The van der Waals surface area contributed by atoms with E-state index >= 15 is 0 Å². The number of benzene rings is 1. The van der Waals surface area contributed by atoms with Gasteiger partial charge in [0.2, 0.25) is 11.8 Å². The second-order valence-corrected chi connectivity index (χ2v) is 8.09. The van der Waals surface area contributed by atoms with E-state index in [0.29, 0.717) is 6.42 Å². The zero-order valence-electron chi connectivity index (χ0n) is 16.0. The summed E-state index contributed by atoms with van der Waals surface area (Å²) in [4.78, 5) is 33.0. The number of para-hydroxylation sites is 1. The maximum atomic E-state index is 13.1. The van der Waals surface area contributed by atoms with E-state index in [1.807, 2.05) is 36.4 Å². The van der Waals surface area contributed by atoms with Crippen LogP contribution in [0.25, 0.3) is 10.9 Å². The first kappa shape index (κ1) is 17.0. The Kier molecular flexibility index (Phi) is 3.54. The predicted molar refractivity (Wildman–Crippen MR) is 105 cm³/mol. The third kappa shape index (κ3) is 2.37. The van der Waals surface area contributed by atoms with Crippen LogP contribution in [0.1, 0.15) is 17.3 Å². The van der Waals surface area contributed by atoms with Gasteiger partial charge in [0.15, 0.2) is 0 Å². The summed E-state index contributed by atoms with van der Waals surface area (Å²) in [6, 6.07) is 7.27. The predicted octanol–water partition coefficient (Wildman–Crippen LogP) is 1.67. The van der Waals surface area contributed by atoms with Gasteiger partial charge in [0, 0.05) is 30.1 Å². The molecule has 2 fully saturated rings. The topological polar surface area (TPSA) is 74.9 Å². The average molecular weight is 391 g/mol. The Hall–Kier alpha value is -2.90. The van der Waals surface area contributed by atoms with Crippen LogP contribution in [0, 0.1) is 0 Å².